The average molecular weight is 302 g/mol. The van der Waals surface area contributed by atoms with E-state index in [0.29, 0.717) is 11.3 Å². The van der Waals surface area contributed by atoms with Crippen LogP contribution in [0.3, 0.4) is 0 Å². The lowest BCUT2D eigenvalue weighted by molar-refractivity contribution is 0.479. The molecular formula is C15H12BrNO. The molecule has 18 heavy (non-hydrogen) atoms. The van der Waals surface area contributed by atoms with Crippen molar-refractivity contribution in [1.29, 1.82) is 5.26 Å². The first kappa shape index (κ1) is 12.7. The highest BCUT2D eigenvalue weighted by atomic mass is 79.9. The molecule has 0 saturated heterocycles. The van der Waals surface area contributed by atoms with E-state index in [-0.39, 0.29) is 0 Å². The van der Waals surface area contributed by atoms with Crippen molar-refractivity contribution >= 4 is 15.9 Å². The van der Waals surface area contributed by atoms with Crippen LogP contribution in [-0.2, 0) is 6.42 Å². The molecule has 90 valence electrons. The van der Waals surface area contributed by atoms with Crippen molar-refractivity contribution in [2.45, 2.75) is 13.3 Å². The van der Waals surface area contributed by atoms with Crippen molar-refractivity contribution in [2.24, 2.45) is 0 Å². The van der Waals surface area contributed by atoms with Crippen LogP contribution in [-0.4, -0.2) is 0 Å². The highest BCUT2D eigenvalue weighted by molar-refractivity contribution is 9.10. The Balaban J connectivity index is 2.20. The van der Waals surface area contributed by atoms with Gasteiger partial charge in [-0.15, -0.1) is 0 Å². The van der Waals surface area contributed by atoms with Gasteiger partial charge in [0.15, 0.2) is 0 Å². The van der Waals surface area contributed by atoms with Gasteiger partial charge >= 0.3 is 0 Å². The fourth-order valence-corrected chi connectivity index (χ4v) is 2.03. The van der Waals surface area contributed by atoms with Crippen LogP contribution < -0.4 is 4.74 Å². The highest BCUT2D eigenvalue weighted by Gasteiger charge is 2.04. The Morgan fingerprint density at radius 1 is 1.17 bits per heavy atom. The van der Waals surface area contributed by atoms with Gasteiger partial charge in [-0.2, -0.15) is 5.26 Å². The standard InChI is InChI=1S/C15H12BrNO/c1-2-11-3-6-13(7-4-11)18-15-8-5-12(10-17)9-14(15)16/h3-9H,2H2,1H3. The summed E-state index contributed by atoms with van der Waals surface area (Å²) in [6, 6.07) is 15.4. The molecule has 0 atom stereocenters. The third kappa shape index (κ3) is 2.91. The second-order valence-electron chi connectivity index (χ2n) is 3.86. The number of aryl methyl sites for hydroxylation is 1. The van der Waals surface area contributed by atoms with Crippen LogP contribution in [0.2, 0.25) is 0 Å². The van der Waals surface area contributed by atoms with Crippen molar-refractivity contribution < 1.29 is 4.74 Å². The Kier molecular flexibility index (Phi) is 4.01. The lowest BCUT2D eigenvalue weighted by Crippen LogP contribution is -1.87. The summed E-state index contributed by atoms with van der Waals surface area (Å²) in [5.41, 5.74) is 1.89. The lowest BCUT2D eigenvalue weighted by atomic mass is 10.2. The summed E-state index contributed by atoms with van der Waals surface area (Å²) in [6.45, 7) is 2.12. The van der Waals surface area contributed by atoms with Crippen LogP contribution in [0.15, 0.2) is 46.9 Å². The number of ether oxygens (including phenoxy) is 1. The molecule has 0 aliphatic carbocycles. The Morgan fingerprint density at radius 3 is 2.44 bits per heavy atom. The molecule has 2 aromatic carbocycles. The molecule has 0 fully saturated rings. The third-order valence-electron chi connectivity index (χ3n) is 2.62. The second kappa shape index (κ2) is 5.70. The number of nitrogens with zero attached hydrogens (tertiary/aromatic N) is 1. The quantitative estimate of drug-likeness (QED) is 0.825. The first-order valence-electron chi connectivity index (χ1n) is 5.69. The second-order valence-corrected chi connectivity index (χ2v) is 4.71. The van der Waals surface area contributed by atoms with E-state index in [9.17, 15) is 0 Å². The van der Waals surface area contributed by atoms with E-state index in [1.54, 1.807) is 18.2 Å². The zero-order chi connectivity index (χ0) is 13.0. The zero-order valence-electron chi connectivity index (χ0n) is 9.98. The van der Waals surface area contributed by atoms with Gasteiger partial charge in [-0.1, -0.05) is 19.1 Å². The zero-order valence-corrected chi connectivity index (χ0v) is 11.6. The van der Waals surface area contributed by atoms with Gasteiger partial charge in [0.25, 0.3) is 0 Å². The van der Waals surface area contributed by atoms with Crippen LogP contribution in [0.4, 0.5) is 0 Å². The minimum atomic E-state index is 0.607. The number of rotatable bonds is 3. The van der Waals surface area contributed by atoms with Gasteiger partial charge in [-0.05, 0) is 58.2 Å². The summed E-state index contributed by atoms with van der Waals surface area (Å²) < 4.78 is 6.53. The van der Waals surface area contributed by atoms with Crippen LogP contribution in [0.5, 0.6) is 11.5 Å². The first-order chi connectivity index (χ1) is 8.72. The lowest BCUT2D eigenvalue weighted by Gasteiger charge is -2.08. The molecule has 0 aliphatic heterocycles. The number of hydrogen-bond donors (Lipinski definition) is 0. The largest absolute Gasteiger partial charge is 0.456 e. The van der Waals surface area contributed by atoms with E-state index in [1.165, 1.54) is 5.56 Å². The summed E-state index contributed by atoms with van der Waals surface area (Å²) in [7, 11) is 0. The molecule has 0 spiro atoms. The highest BCUT2D eigenvalue weighted by Crippen LogP contribution is 2.30. The molecule has 0 saturated carbocycles. The van der Waals surface area contributed by atoms with E-state index in [4.69, 9.17) is 10.00 Å². The molecule has 0 aromatic heterocycles. The normalized spacial score (nSPS) is 9.83. The van der Waals surface area contributed by atoms with E-state index < -0.39 is 0 Å². The summed E-state index contributed by atoms with van der Waals surface area (Å²) in [5, 5.41) is 8.79. The van der Waals surface area contributed by atoms with Crippen molar-refractivity contribution in [1.82, 2.24) is 0 Å². The van der Waals surface area contributed by atoms with Gasteiger partial charge in [0.05, 0.1) is 16.1 Å². The molecule has 0 bridgehead atoms. The number of nitriles is 1. The van der Waals surface area contributed by atoms with Gasteiger partial charge in [0.2, 0.25) is 0 Å². The van der Waals surface area contributed by atoms with Crippen molar-refractivity contribution in [2.75, 3.05) is 0 Å². The maximum absolute atomic E-state index is 8.79. The molecule has 0 N–H and O–H groups in total. The Morgan fingerprint density at radius 2 is 1.89 bits per heavy atom. The molecule has 2 rings (SSSR count). The monoisotopic (exact) mass is 301 g/mol. The smallest absolute Gasteiger partial charge is 0.141 e. The fourth-order valence-electron chi connectivity index (χ4n) is 1.57. The van der Waals surface area contributed by atoms with Gasteiger partial charge in [-0.25, -0.2) is 0 Å². The van der Waals surface area contributed by atoms with Crippen molar-refractivity contribution in [3.05, 3.63) is 58.1 Å². The van der Waals surface area contributed by atoms with Crippen LogP contribution >= 0.6 is 15.9 Å². The Labute approximate surface area is 115 Å². The third-order valence-corrected chi connectivity index (χ3v) is 3.24. The van der Waals surface area contributed by atoms with E-state index in [2.05, 4.69) is 28.9 Å². The van der Waals surface area contributed by atoms with Crippen LogP contribution in [0, 0.1) is 11.3 Å². The fraction of sp³-hybridized carbons (Fsp3) is 0.133. The summed E-state index contributed by atoms with van der Waals surface area (Å²) in [6.07, 6.45) is 1.01. The van der Waals surface area contributed by atoms with Crippen LogP contribution in [0.25, 0.3) is 0 Å². The Bertz CT molecular complexity index is 584. The van der Waals surface area contributed by atoms with E-state index in [0.717, 1.165) is 16.6 Å². The van der Waals surface area contributed by atoms with Crippen molar-refractivity contribution in [3.8, 4) is 17.6 Å². The average Bonchev–Trinajstić information content (AvgIpc) is 2.42. The predicted molar refractivity (Wildman–Crippen MR) is 74.8 cm³/mol. The molecule has 2 nitrogen and oxygen atoms in total. The minimum absolute atomic E-state index is 0.607. The SMILES string of the molecule is CCc1ccc(Oc2ccc(C#N)cc2Br)cc1. The molecule has 0 unspecified atom stereocenters. The molecule has 0 amide bonds. The molecule has 2 aromatic rings. The summed E-state index contributed by atoms with van der Waals surface area (Å²) in [5.74, 6) is 1.50. The number of benzene rings is 2. The molecule has 0 heterocycles. The number of halogens is 1. The van der Waals surface area contributed by atoms with Crippen molar-refractivity contribution in [3.63, 3.8) is 0 Å². The first-order valence-corrected chi connectivity index (χ1v) is 6.48. The topological polar surface area (TPSA) is 33.0 Å². The molecule has 0 aliphatic rings. The van der Waals surface area contributed by atoms with Gasteiger partial charge in [-0.3, -0.25) is 0 Å². The predicted octanol–water partition coefficient (Wildman–Crippen LogP) is 4.68. The van der Waals surface area contributed by atoms with Gasteiger partial charge in [0, 0.05) is 0 Å². The van der Waals surface area contributed by atoms with E-state index in [1.807, 2.05) is 24.3 Å². The summed E-state index contributed by atoms with van der Waals surface area (Å²) in [4.78, 5) is 0. The van der Waals surface area contributed by atoms with E-state index >= 15 is 0 Å². The minimum Gasteiger partial charge on any atom is -0.456 e. The number of hydrogen-bond acceptors (Lipinski definition) is 2. The molecular weight excluding hydrogens is 290 g/mol. The molecule has 3 heteroatoms. The van der Waals surface area contributed by atoms with Crippen LogP contribution in [0.1, 0.15) is 18.1 Å². The van der Waals surface area contributed by atoms with Gasteiger partial charge < -0.3 is 4.74 Å². The maximum Gasteiger partial charge on any atom is 0.141 e. The molecule has 0 radical (unpaired) electrons. The maximum atomic E-state index is 8.79. The Hall–Kier alpha value is -1.79. The van der Waals surface area contributed by atoms with Gasteiger partial charge in [0.1, 0.15) is 11.5 Å². The summed E-state index contributed by atoms with van der Waals surface area (Å²) >= 11 is 3.40.